The summed E-state index contributed by atoms with van der Waals surface area (Å²) in [7, 11) is 4.65. The molecule has 3 saturated heterocycles. The van der Waals surface area contributed by atoms with Gasteiger partial charge in [-0.15, -0.1) is 0 Å². The summed E-state index contributed by atoms with van der Waals surface area (Å²) in [5.74, 6) is -7.65. The van der Waals surface area contributed by atoms with E-state index < -0.39 is 88.7 Å². The number of fused-ring (bicyclic) bond motifs is 3. The van der Waals surface area contributed by atoms with Gasteiger partial charge in [0.05, 0.1) is 49.8 Å². The fourth-order valence-electron chi connectivity index (χ4n) is 11.2. The quantitative estimate of drug-likeness (QED) is 0.177. The van der Waals surface area contributed by atoms with Gasteiger partial charge in [0.1, 0.15) is 17.5 Å². The van der Waals surface area contributed by atoms with Crippen LogP contribution in [0, 0.1) is 40.9 Å². The van der Waals surface area contributed by atoms with Crippen molar-refractivity contribution in [2.24, 2.45) is 40.9 Å². The molecule has 4 aliphatic heterocycles. The zero-order valence-corrected chi connectivity index (χ0v) is 40.8. The Kier molecular flexibility index (Phi) is 18.6. The molecule has 0 aromatic carbocycles. The average Bonchev–Trinajstić information content (AvgIpc) is 3.54. The lowest BCUT2D eigenvalue weighted by Gasteiger charge is -2.47. The minimum atomic E-state index is -2.50. The summed E-state index contributed by atoms with van der Waals surface area (Å²) in [5, 5.41) is 46.3. The number of aliphatic hydroxyl groups is 4. The molecule has 0 radical (unpaired) electrons. The number of Topliss-reactive ketones (excluding diaryl/α,β-unsaturated/α-hetero) is 3. The minimum Gasteiger partial charge on any atom is -0.392 e. The molecule has 5 aliphatic rings. The Morgan fingerprint density at radius 3 is 2.17 bits per heavy atom. The van der Waals surface area contributed by atoms with Crippen LogP contribution in [-0.2, 0) is 42.9 Å². The van der Waals surface area contributed by atoms with Crippen LogP contribution >= 0.6 is 0 Å². The average molecular weight is 916 g/mol. The van der Waals surface area contributed by atoms with Gasteiger partial charge in [0.2, 0.25) is 5.79 Å². The largest absolute Gasteiger partial charge is 0.392 e. The summed E-state index contributed by atoms with van der Waals surface area (Å²) >= 11 is 0. The molecule has 0 spiro atoms. The van der Waals surface area contributed by atoms with Crippen LogP contribution in [0.4, 0.5) is 0 Å². The first-order valence-electron chi connectivity index (χ1n) is 24.2. The molecule has 368 valence electrons. The second kappa shape index (κ2) is 22.6. The number of hydrogen-bond acceptors (Lipinski definition) is 13. The summed E-state index contributed by atoms with van der Waals surface area (Å²) in [5.41, 5.74) is 0.0387. The van der Waals surface area contributed by atoms with Crippen LogP contribution in [0.1, 0.15) is 126 Å². The number of methoxy groups -OCH3 is 3. The third-order valence-electron chi connectivity index (χ3n) is 15.8. The fourth-order valence-corrected chi connectivity index (χ4v) is 11.2. The molecule has 0 aromatic rings. The molecule has 1 unspecified atom stereocenters. The molecule has 1 aliphatic carbocycles. The standard InChI is InChI=1S/C51H81NO13/c1-30-20-31(2)22-44(62-9)46-45(63-10)24-33(4)51(60,65-46)47(57)48(58)52-19-12-11-15-38(52)42(56)26-37(32(3)23-35-16-17-39(53)43(25-35)61-8)34(5)40(54)27-41(55)36(21-30)14-13-18-50(59)29-64-28-49(50,6)7/h13,18,21,23,31,33-40,43-46,53-54,59-60H,11-12,14-17,19-20,22,24-29H2,1-10H3/b18-13+,30-21+,32-23+/t31-,33+,34-,35-,36+,37+,38-,39+,40-,43+,44-,45-,46+,50?,51+/m0/s1. The third-order valence-corrected chi connectivity index (χ3v) is 15.8. The fraction of sp³-hybridized carbons (Fsp3) is 0.804. The van der Waals surface area contributed by atoms with Crippen molar-refractivity contribution < 1.29 is 63.3 Å². The summed E-state index contributed by atoms with van der Waals surface area (Å²) in [4.78, 5) is 59.3. The summed E-state index contributed by atoms with van der Waals surface area (Å²) in [6, 6.07) is -0.954. The number of amides is 1. The van der Waals surface area contributed by atoms with Gasteiger partial charge in [-0.25, -0.2) is 0 Å². The van der Waals surface area contributed by atoms with E-state index in [0.717, 1.165) is 11.1 Å². The van der Waals surface area contributed by atoms with E-state index in [1.807, 2.05) is 53.7 Å². The highest BCUT2D eigenvalue weighted by atomic mass is 16.7. The zero-order valence-electron chi connectivity index (χ0n) is 40.8. The number of nitrogens with zero attached hydrogens (tertiary/aromatic N) is 1. The van der Waals surface area contributed by atoms with E-state index in [4.69, 9.17) is 23.7 Å². The SMILES string of the molecule is CO[C@H]1C[C@@H](C)C/C(C)=C/[C@@H](C/C=C/C2(O)COCC2(C)C)C(=O)C[C@H](O)[C@@H](C)[C@@H](/C(C)=C/[C@@H]2CC[C@@H](O)[C@H](OC)C2)CC(=O)[C@@H]2CCCCN2C(=O)C(=O)[C@]2(O)O[C@H]1[C@@H](OC)C[C@H]2C. The molecule has 1 saturated carbocycles. The van der Waals surface area contributed by atoms with Gasteiger partial charge < -0.3 is 49.0 Å². The number of ketones is 3. The Balaban J connectivity index is 1.56. The smallest absolute Gasteiger partial charge is 0.296 e. The zero-order chi connectivity index (χ0) is 48.0. The molecule has 15 atom stereocenters. The molecule has 4 fully saturated rings. The lowest BCUT2D eigenvalue weighted by Crippen LogP contribution is -2.64. The highest BCUT2D eigenvalue weighted by Crippen LogP contribution is 2.41. The molecule has 0 aromatic heterocycles. The predicted octanol–water partition coefficient (Wildman–Crippen LogP) is 5.46. The van der Waals surface area contributed by atoms with Crippen LogP contribution in [-0.4, -0.2) is 144 Å². The molecule has 14 nitrogen and oxygen atoms in total. The molecule has 65 heavy (non-hydrogen) atoms. The van der Waals surface area contributed by atoms with Crippen LogP contribution < -0.4 is 0 Å². The predicted molar refractivity (Wildman–Crippen MR) is 244 cm³/mol. The van der Waals surface area contributed by atoms with Gasteiger partial charge in [0.25, 0.3) is 11.7 Å². The number of hydrogen-bond donors (Lipinski definition) is 4. The van der Waals surface area contributed by atoms with E-state index in [9.17, 15) is 39.6 Å². The molecule has 5 rings (SSSR count). The summed E-state index contributed by atoms with van der Waals surface area (Å²) in [6.07, 6.45) is 8.03. The van der Waals surface area contributed by atoms with Crippen molar-refractivity contribution in [3.63, 3.8) is 0 Å². The normalized spacial score (nSPS) is 42.1. The molecule has 2 bridgehead atoms. The van der Waals surface area contributed by atoms with Crippen molar-refractivity contribution in [1.29, 1.82) is 0 Å². The van der Waals surface area contributed by atoms with Crippen LogP contribution in [0.2, 0.25) is 0 Å². The Hall–Kier alpha value is -2.66. The summed E-state index contributed by atoms with van der Waals surface area (Å²) < 4.78 is 29.4. The minimum absolute atomic E-state index is 0.0347. The maximum Gasteiger partial charge on any atom is 0.296 e. The van der Waals surface area contributed by atoms with Gasteiger partial charge in [-0.05, 0) is 102 Å². The maximum absolute atomic E-state index is 14.7. The van der Waals surface area contributed by atoms with E-state index in [1.54, 1.807) is 20.1 Å². The molecule has 4 N–H and O–H groups in total. The van der Waals surface area contributed by atoms with Crippen LogP contribution in [0.3, 0.4) is 0 Å². The number of piperidine rings is 1. The maximum atomic E-state index is 14.7. The van der Waals surface area contributed by atoms with Gasteiger partial charge in [-0.1, -0.05) is 70.1 Å². The van der Waals surface area contributed by atoms with Crippen molar-refractivity contribution in [2.75, 3.05) is 41.1 Å². The first kappa shape index (κ1) is 53.3. The lowest BCUT2D eigenvalue weighted by atomic mass is 9.75. The van der Waals surface area contributed by atoms with E-state index >= 15 is 0 Å². The number of ether oxygens (including phenoxy) is 5. The Bertz CT molecular complexity index is 1760. The van der Waals surface area contributed by atoms with Crippen molar-refractivity contribution in [1.82, 2.24) is 4.90 Å². The molecule has 1 amide bonds. The number of allylic oxidation sites excluding steroid dienone is 5. The van der Waals surface area contributed by atoms with Gasteiger partial charge >= 0.3 is 0 Å². The van der Waals surface area contributed by atoms with Crippen LogP contribution in [0.5, 0.6) is 0 Å². The summed E-state index contributed by atoms with van der Waals surface area (Å²) in [6.45, 7) is 14.0. The first-order valence-corrected chi connectivity index (χ1v) is 24.2. The van der Waals surface area contributed by atoms with Crippen molar-refractivity contribution in [2.45, 2.75) is 180 Å². The third kappa shape index (κ3) is 12.3. The van der Waals surface area contributed by atoms with E-state index in [2.05, 4.69) is 6.08 Å². The highest BCUT2D eigenvalue weighted by Gasteiger charge is 2.56. The van der Waals surface area contributed by atoms with E-state index in [-0.39, 0.29) is 68.3 Å². The number of carbonyl (C=O) groups is 4. The molecule has 4 heterocycles. The second-order valence-corrected chi connectivity index (χ2v) is 21.1. The van der Waals surface area contributed by atoms with E-state index in [0.29, 0.717) is 58.0 Å². The number of rotatable bonds is 8. The molecule has 14 heteroatoms. The highest BCUT2D eigenvalue weighted by molar-refractivity contribution is 6.39. The van der Waals surface area contributed by atoms with Gasteiger partial charge in [-0.2, -0.15) is 0 Å². The number of aliphatic hydroxyl groups excluding tert-OH is 2. The second-order valence-electron chi connectivity index (χ2n) is 21.1. The lowest BCUT2D eigenvalue weighted by molar-refractivity contribution is -0.302. The molecular weight excluding hydrogens is 835 g/mol. The van der Waals surface area contributed by atoms with E-state index in [1.165, 1.54) is 19.1 Å². The first-order chi connectivity index (χ1) is 30.6. The van der Waals surface area contributed by atoms with Crippen molar-refractivity contribution in [3.8, 4) is 0 Å². The Morgan fingerprint density at radius 1 is 0.846 bits per heavy atom. The van der Waals surface area contributed by atoms with Crippen molar-refractivity contribution >= 4 is 23.3 Å². The topological polar surface area (TPSA) is 199 Å². The number of carbonyl (C=O) groups excluding carboxylic acids is 4. The van der Waals surface area contributed by atoms with Gasteiger partial charge in [-0.3, -0.25) is 19.2 Å². The van der Waals surface area contributed by atoms with Crippen LogP contribution in [0.25, 0.3) is 0 Å². The van der Waals surface area contributed by atoms with Crippen LogP contribution in [0.15, 0.2) is 35.5 Å². The monoisotopic (exact) mass is 916 g/mol. The molecular formula is C51H81NO13. The Morgan fingerprint density at radius 2 is 1.52 bits per heavy atom. The van der Waals surface area contributed by atoms with Gasteiger partial charge in [0.15, 0.2) is 5.78 Å². The van der Waals surface area contributed by atoms with Gasteiger partial charge in [0, 0.05) is 58.0 Å². The van der Waals surface area contributed by atoms with Crippen molar-refractivity contribution in [3.05, 3.63) is 35.5 Å². The Labute approximate surface area is 387 Å².